The molecule has 1 aliphatic carbocycles. The predicted octanol–water partition coefficient (Wildman–Crippen LogP) is 3.00. The molecule has 0 radical (unpaired) electrons. The van der Waals surface area contributed by atoms with E-state index in [1.54, 1.807) is 0 Å². The zero-order valence-electron chi connectivity index (χ0n) is 12.0. The molecule has 6 heteroatoms. The molecule has 0 bridgehead atoms. The SMILES string of the molecule is CC1CCCCCC1NC(=O)c1ccc([N+](=O)[O-])c(O)c1. The van der Waals surface area contributed by atoms with Crippen molar-refractivity contribution in [3.8, 4) is 5.75 Å². The lowest BCUT2D eigenvalue weighted by Crippen LogP contribution is -2.38. The summed E-state index contributed by atoms with van der Waals surface area (Å²) < 4.78 is 0. The maximum atomic E-state index is 12.2. The molecule has 0 heterocycles. The Bertz CT molecular complexity index is 544. The van der Waals surface area contributed by atoms with E-state index in [0.717, 1.165) is 31.4 Å². The van der Waals surface area contributed by atoms with E-state index in [-0.39, 0.29) is 17.5 Å². The monoisotopic (exact) mass is 292 g/mol. The minimum atomic E-state index is -0.676. The van der Waals surface area contributed by atoms with E-state index in [1.165, 1.54) is 18.9 Å². The molecule has 114 valence electrons. The van der Waals surface area contributed by atoms with Gasteiger partial charge in [-0.05, 0) is 30.9 Å². The minimum absolute atomic E-state index is 0.123. The average molecular weight is 292 g/mol. The van der Waals surface area contributed by atoms with Gasteiger partial charge in [-0.1, -0.05) is 26.2 Å². The van der Waals surface area contributed by atoms with Crippen molar-refractivity contribution in [3.63, 3.8) is 0 Å². The lowest BCUT2D eigenvalue weighted by Gasteiger charge is -2.22. The van der Waals surface area contributed by atoms with E-state index in [4.69, 9.17) is 0 Å². The highest BCUT2D eigenvalue weighted by Gasteiger charge is 2.23. The summed E-state index contributed by atoms with van der Waals surface area (Å²) in [5, 5.41) is 23.2. The first-order chi connectivity index (χ1) is 9.99. The minimum Gasteiger partial charge on any atom is -0.502 e. The fourth-order valence-corrected chi connectivity index (χ4v) is 2.78. The number of carbonyl (C=O) groups is 1. The van der Waals surface area contributed by atoms with Gasteiger partial charge >= 0.3 is 5.69 Å². The number of benzene rings is 1. The van der Waals surface area contributed by atoms with E-state index < -0.39 is 16.4 Å². The highest BCUT2D eigenvalue weighted by molar-refractivity contribution is 5.95. The second-order valence-electron chi connectivity index (χ2n) is 5.66. The fourth-order valence-electron chi connectivity index (χ4n) is 2.78. The number of hydrogen-bond donors (Lipinski definition) is 2. The van der Waals surface area contributed by atoms with Gasteiger partial charge in [-0.15, -0.1) is 0 Å². The molecule has 0 aliphatic heterocycles. The van der Waals surface area contributed by atoms with Crippen molar-refractivity contribution in [1.82, 2.24) is 5.32 Å². The maximum absolute atomic E-state index is 12.2. The zero-order chi connectivity index (χ0) is 15.4. The average Bonchev–Trinajstić information content (AvgIpc) is 2.63. The van der Waals surface area contributed by atoms with Crippen molar-refractivity contribution in [2.45, 2.75) is 45.1 Å². The van der Waals surface area contributed by atoms with Crippen LogP contribution in [0.2, 0.25) is 0 Å². The molecule has 0 spiro atoms. The largest absolute Gasteiger partial charge is 0.502 e. The second kappa shape index (κ2) is 6.56. The number of amides is 1. The summed E-state index contributed by atoms with van der Waals surface area (Å²) in [6.45, 7) is 2.13. The lowest BCUT2D eigenvalue weighted by atomic mass is 9.96. The van der Waals surface area contributed by atoms with Crippen LogP contribution < -0.4 is 5.32 Å². The summed E-state index contributed by atoms with van der Waals surface area (Å²) in [4.78, 5) is 22.2. The quantitative estimate of drug-likeness (QED) is 0.509. The van der Waals surface area contributed by atoms with Crippen LogP contribution in [-0.2, 0) is 0 Å². The van der Waals surface area contributed by atoms with Crippen molar-refractivity contribution >= 4 is 11.6 Å². The summed E-state index contributed by atoms with van der Waals surface area (Å²) in [7, 11) is 0. The topological polar surface area (TPSA) is 92.5 Å². The number of hydrogen-bond acceptors (Lipinski definition) is 4. The van der Waals surface area contributed by atoms with E-state index in [2.05, 4.69) is 12.2 Å². The van der Waals surface area contributed by atoms with Gasteiger partial charge in [0.1, 0.15) is 0 Å². The molecule has 21 heavy (non-hydrogen) atoms. The number of nitro benzene ring substituents is 1. The van der Waals surface area contributed by atoms with Gasteiger partial charge < -0.3 is 10.4 Å². The normalized spacial score (nSPS) is 22.3. The van der Waals surface area contributed by atoms with Gasteiger partial charge in [0.05, 0.1) is 4.92 Å². The van der Waals surface area contributed by atoms with Crippen molar-refractivity contribution in [3.05, 3.63) is 33.9 Å². The van der Waals surface area contributed by atoms with Crippen molar-refractivity contribution in [2.24, 2.45) is 5.92 Å². The first kappa shape index (κ1) is 15.3. The Morgan fingerprint density at radius 3 is 2.71 bits per heavy atom. The summed E-state index contributed by atoms with van der Waals surface area (Å²) >= 11 is 0. The van der Waals surface area contributed by atoms with E-state index in [1.807, 2.05) is 0 Å². The standard InChI is InChI=1S/C15H20N2O4/c1-10-5-3-2-4-6-12(10)16-15(19)11-7-8-13(17(20)21)14(18)9-11/h7-10,12,18H,2-6H2,1H3,(H,16,19). The summed E-state index contributed by atoms with van der Waals surface area (Å²) in [6.07, 6.45) is 5.52. The Balaban J connectivity index is 2.09. The number of aromatic hydroxyl groups is 1. The van der Waals surface area contributed by atoms with E-state index >= 15 is 0 Å². The number of phenols is 1. The molecule has 2 rings (SSSR count). The van der Waals surface area contributed by atoms with Crippen molar-refractivity contribution in [2.75, 3.05) is 0 Å². The van der Waals surface area contributed by atoms with Crippen LogP contribution in [0.15, 0.2) is 18.2 Å². The van der Waals surface area contributed by atoms with Crippen LogP contribution in [0.4, 0.5) is 5.69 Å². The van der Waals surface area contributed by atoms with Gasteiger partial charge in [0.25, 0.3) is 5.91 Å². The molecule has 1 saturated carbocycles. The number of rotatable bonds is 3. The van der Waals surface area contributed by atoms with Gasteiger partial charge in [0.15, 0.2) is 5.75 Å². The van der Waals surface area contributed by atoms with Gasteiger partial charge in [-0.2, -0.15) is 0 Å². The molecule has 1 amide bonds. The molecule has 1 fully saturated rings. The number of nitrogens with one attached hydrogen (secondary N) is 1. The van der Waals surface area contributed by atoms with Crippen LogP contribution in [0, 0.1) is 16.0 Å². The Morgan fingerprint density at radius 1 is 1.33 bits per heavy atom. The zero-order valence-corrected chi connectivity index (χ0v) is 12.0. The predicted molar refractivity (Wildman–Crippen MR) is 78.3 cm³/mol. The Kier molecular flexibility index (Phi) is 4.77. The molecule has 2 atom stereocenters. The smallest absolute Gasteiger partial charge is 0.310 e. The molecular weight excluding hydrogens is 272 g/mol. The molecule has 0 aromatic heterocycles. The molecule has 1 aromatic rings. The van der Waals surface area contributed by atoms with Crippen LogP contribution in [0.1, 0.15) is 49.4 Å². The molecule has 0 saturated heterocycles. The van der Waals surface area contributed by atoms with Crippen LogP contribution in [0.5, 0.6) is 5.75 Å². The molecule has 1 aliphatic rings. The molecule has 2 unspecified atom stereocenters. The van der Waals surface area contributed by atoms with Gasteiger partial charge in [-0.25, -0.2) is 0 Å². The summed E-state index contributed by atoms with van der Waals surface area (Å²) in [5.74, 6) is -0.358. The first-order valence-electron chi connectivity index (χ1n) is 7.27. The first-order valence-corrected chi connectivity index (χ1v) is 7.27. The van der Waals surface area contributed by atoms with E-state index in [9.17, 15) is 20.0 Å². The van der Waals surface area contributed by atoms with Crippen LogP contribution >= 0.6 is 0 Å². The highest BCUT2D eigenvalue weighted by Crippen LogP contribution is 2.27. The number of carbonyl (C=O) groups excluding carboxylic acids is 1. The third-order valence-corrected chi connectivity index (χ3v) is 4.11. The van der Waals surface area contributed by atoms with Crippen LogP contribution in [0.25, 0.3) is 0 Å². The molecule has 6 nitrogen and oxygen atoms in total. The van der Waals surface area contributed by atoms with Gasteiger partial charge in [0.2, 0.25) is 0 Å². The summed E-state index contributed by atoms with van der Waals surface area (Å²) in [6, 6.07) is 3.79. The summed E-state index contributed by atoms with van der Waals surface area (Å²) in [5.41, 5.74) is -0.149. The second-order valence-corrected chi connectivity index (χ2v) is 5.66. The molecule has 1 aromatic carbocycles. The van der Waals surface area contributed by atoms with Gasteiger partial charge in [-0.3, -0.25) is 14.9 Å². The molecule has 2 N–H and O–H groups in total. The number of nitro groups is 1. The maximum Gasteiger partial charge on any atom is 0.310 e. The highest BCUT2D eigenvalue weighted by atomic mass is 16.6. The fraction of sp³-hybridized carbons (Fsp3) is 0.533. The Hall–Kier alpha value is -2.11. The third kappa shape index (κ3) is 3.71. The van der Waals surface area contributed by atoms with E-state index in [0.29, 0.717) is 5.92 Å². The Labute approximate surface area is 123 Å². The van der Waals surface area contributed by atoms with Crippen LogP contribution in [-0.4, -0.2) is 22.0 Å². The van der Waals surface area contributed by atoms with Crippen molar-refractivity contribution in [1.29, 1.82) is 0 Å². The molecular formula is C15H20N2O4. The number of nitrogens with zero attached hydrogens (tertiary/aromatic N) is 1. The Morgan fingerprint density at radius 2 is 2.05 bits per heavy atom. The third-order valence-electron chi connectivity index (χ3n) is 4.11. The van der Waals surface area contributed by atoms with Gasteiger partial charge in [0, 0.05) is 17.7 Å². The number of phenolic OH excluding ortho intramolecular Hbond substituents is 1. The van der Waals surface area contributed by atoms with Crippen molar-refractivity contribution < 1.29 is 14.8 Å². The van der Waals surface area contributed by atoms with Crippen LogP contribution in [0.3, 0.4) is 0 Å². The lowest BCUT2D eigenvalue weighted by molar-refractivity contribution is -0.385.